The van der Waals surface area contributed by atoms with Gasteiger partial charge in [-0.3, -0.25) is 0 Å². The highest BCUT2D eigenvalue weighted by Gasteiger charge is 2.17. The van der Waals surface area contributed by atoms with E-state index in [1.54, 1.807) is 0 Å². The van der Waals surface area contributed by atoms with Crippen molar-refractivity contribution in [1.82, 2.24) is 15.1 Å². The summed E-state index contributed by atoms with van der Waals surface area (Å²) >= 11 is 0. The molecule has 0 amide bonds. The van der Waals surface area contributed by atoms with Crippen molar-refractivity contribution in [3.05, 3.63) is 35.2 Å². The third-order valence-corrected chi connectivity index (χ3v) is 3.38. The number of anilines is 2. The van der Waals surface area contributed by atoms with Gasteiger partial charge in [0, 0.05) is 11.3 Å². The first-order valence-electron chi connectivity index (χ1n) is 6.49. The molecule has 0 spiro atoms. The van der Waals surface area contributed by atoms with Gasteiger partial charge >= 0.3 is 0 Å². The Kier molecular flexibility index (Phi) is 2.85. The number of aryl methyl sites for hydroxylation is 2. The molecule has 0 radical (unpaired) electrons. The Morgan fingerprint density at radius 1 is 1.35 bits per heavy atom. The molecular weight excluding hydrogens is 254 g/mol. The Balaban J connectivity index is 1.89. The highest BCUT2D eigenvalue weighted by atomic mass is 16.5. The van der Waals surface area contributed by atoms with Crippen molar-refractivity contribution < 1.29 is 4.52 Å². The number of nitrogens with two attached hydrogens (primary N) is 1. The molecule has 1 aromatic carbocycles. The van der Waals surface area contributed by atoms with Gasteiger partial charge in [0.05, 0.1) is 22.8 Å². The number of hydrogen-bond donors (Lipinski definition) is 3. The van der Waals surface area contributed by atoms with Gasteiger partial charge in [-0.1, -0.05) is 5.16 Å². The summed E-state index contributed by atoms with van der Waals surface area (Å²) in [7, 11) is 0. The van der Waals surface area contributed by atoms with Crippen LogP contribution in [-0.4, -0.2) is 15.1 Å². The lowest BCUT2D eigenvalue weighted by Gasteiger charge is -2.12. The van der Waals surface area contributed by atoms with Gasteiger partial charge in [0.2, 0.25) is 5.95 Å². The van der Waals surface area contributed by atoms with Crippen LogP contribution in [0.2, 0.25) is 0 Å². The van der Waals surface area contributed by atoms with Crippen LogP contribution in [0.4, 0.5) is 11.6 Å². The molecule has 6 nitrogen and oxygen atoms in total. The molecule has 3 aromatic rings. The van der Waals surface area contributed by atoms with E-state index in [1.165, 1.54) is 0 Å². The second-order valence-corrected chi connectivity index (χ2v) is 4.97. The number of nitrogens with zero attached hydrogens (tertiary/aromatic N) is 2. The monoisotopic (exact) mass is 271 g/mol. The maximum absolute atomic E-state index is 5.76. The minimum atomic E-state index is 0.0548. The van der Waals surface area contributed by atoms with E-state index in [9.17, 15) is 0 Å². The van der Waals surface area contributed by atoms with Crippen LogP contribution in [0.3, 0.4) is 0 Å². The lowest BCUT2D eigenvalue weighted by Crippen LogP contribution is -2.09. The number of nitrogen functional groups attached to an aromatic ring is 1. The van der Waals surface area contributed by atoms with E-state index in [0.29, 0.717) is 11.6 Å². The molecule has 2 heterocycles. The van der Waals surface area contributed by atoms with Crippen LogP contribution < -0.4 is 11.1 Å². The van der Waals surface area contributed by atoms with Crippen molar-refractivity contribution in [2.75, 3.05) is 11.1 Å². The molecule has 0 saturated heterocycles. The zero-order valence-corrected chi connectivity index (χ0v) is 11.7. The fraction of sp³-hybridized carbons (Fsp3) is 0.286. The Labute approximate surface area is 116 Å². The third kappa shape index (κ3) is 2.09. The van der Waals surface area contributed by atoms with Crippen LogP contribution in [0.25, 0.3) is 11.0 Å². The van der Waals surface area contributed by atoms with Crippen LogP contribution in [0, 0.1) is 13.8 Å². The Hall–Kier alpha value is -2.50. The molecule has 3 rings (SSSR count). The predicted octanol–water partition coefficient (Wildman–Crippen LogP) is 2.92. The Morgan fingerprint density at radius 2 is 2.15 bits per heavy atom. The van der Waals surface area contributed by atoms with Crippen LogP contribution in [0.1, 0.15) is 30.0 Å². The first kappa shape index (κ1) is 12.5. The summed E-state index contributed by atoms with van der Waals surface area (Å²) in [6, 6.07) is 5.66. The van der Waals surface area contributed by atoms with E-state index in [-0.39, 0.29) is 6.04 Å². The lowest BCUT2D eigenvalue weighted by atomic mass is 10.1. The Bertz CT molecular complexity index is 739. The van der Waals surface area contributed by atoms with Crippen molar-refractivity contribution in [1.29, 1.82) is 0 Å². The van der Waals surface area contributed by atoms with Crippen LogP contribution >= 0.6 is 0 Å². The van der Waals surface area contributed by atoms with E-state index in [0.717, 1.165) is 28.1 Å². The molecule has 0 fully saturated rings. The van der Waals surface area contributed by atoms with E-state index in [1.807, 2.05) is 39.0 Å². The molecule has 104 valence electrons. The molecule has 1 atom stereocenters. The number of benzene rings is 1. The molecule has 1 unspecified atom stereocenters. The molecule has 2 aromatic heterocycles. The fourth-order valence-corrected chi connectivity index (χ4v) is 2.48. The van der Waals surface area contributed by atoms with E-state index in [4.69, 9.17) is 10.3 Å². The summed E-state index contributed by atoms with van der Waals surface area (Å²) in [4.78, 5) is 7.70. The Morgan fingerprint density at radius 3 is 2.85 bits per heavy atom. The van der Waals surface area contributed by atoms with Gasteiger partial charge in [0.25, 0.3) is 0 Å². The standard InChI is InChI=1S/C14H17N5O/c1-7(13-8(2)19-20-9(13)3)16-14-17-11-5-4-10(15)6-12(11)18-14/h4-7H,15H2,1-3H3,(H2,16,17,18). The number of H-pyrrole nitrogens is 1. The number of hydrogen-bond acceptors (Lipinski definition) is 5. The first-order valence-corrected chi connectivity index (χ1v) is 6.49. The highest BCUT2D eigenvalue weighted by Crippen LogP contribution is 2.25. The summed E-state index contributed by atoms with van der Waals surface area (Å²) in [5, 5.41) is 7.30. The van der Waals surface area contributed by atoms with Gasteiger partial charge < -0.3 is 20.6 Å². The number of nitrogens with one attached hydrogen (secondary N) is 2. The smallest absolute Gasteiger partial charge is 0.201 e. The predicted molar refractivity (Wildman–Crippen MR) is 78.5 cm³/mol. The van der Waals surface area contributed by atoms with Crippen LogP contribution in [0.5, 0.6) is 0 Å². The molecule has 4 N–H and O–H groups in total. The molecule has 0 aliphatic rings. The molecule has 20 heavy (non-hydrogen) atoms. The minimum absolute atomic E-state index is 0.0548. The van der Waals surface area contributed by atoms with Crippen LogP contribution in [0.15, 0.2) is 22.7 Å². The number of imidazole rings is 1. The number of aromatic nitrogens is 3. The molecule has 0 aliphatic heterocycles. The highest BCUT2D eigenvalue weighted by molar-refractivity contribution is 5.80. The van der Waals surface area contributed by atoms with Crippen molar-refractivity contribution >= 4 is 22.7 Å². The van der Waals surface area contributed by atoms with Crippen molar-refractivity contribution in [2.24, 2.45) is 0 Å². The molecule has 0 saturated carbocycles. The molecule has 6 heteroatoms. The lowest BCUT2D eigenvalue weighted by molar-refractivity contribution is 0.392. The van der Waals surface area contributed by atoms with Gasteiger partial charge in [-0.2, -0.15) is 0 Å². The SMILES string of the molecule is Cc1noc(C)c1C(C)Nc1nc2ccc(N)cc2[nH]1. The first-order chi connectivity index (χ1) is 9.54. The maximum atomic E-state index is 5.76. The van der Waals surface area contributed by atoms with Gasteiger partial charge in [0.15, 0.2) is 0 Å². The maximum Gasteiger partial charge on any atom is 0.201 e. The summed E-state index contributed by atoms with van der Waals surface area (Å²) < 4.78 is 5.19. The topological polar surface area (TPSA) is 92.8 Å². The molecular formula is C14H17N5O. The van der Waals surface area contributed by atoms with Gasteiger partial charge in [-0.15, -0.1) is 0 Å². The quantitative estimate of drug-likeness (QED) is 0.637. The zero-order valence-electron chi connectivity index (χ0n) is 11.7. The van der Waals surface area contributed by atoms with Crippen molar-refractivity contribution in [3.63, 3.8) is 0 Å². The largest absolute Gasteiger partial charge is 0.399 e. The van der Waals surface area contributed by atoms with Crippen LogP contribution in [-0.2, 0) is 0 Å². The number of aromatic amines is 1. The van der Waals surface area contributed by atoms with Gasteiger partial charge in [0.1, 0.15) is 5.76 Å². The second kappa shape index (κ2) is 4.56. The second-order valence-electron chi connectivity index (χ2n) is 4.97. The summed E-state index contributed by atoms with van der Waals surface area (Å²) in [5.74, 6) is 1.53. The van der Waals surface area contributed by atoms with Gasteiger partial charge in [-0.25, -0.2) is 4.98 Å². The normalized spacial score (nSPS) is 12.8. The summed E-state index contributed by atoms with van der Waals surface area (Å²) in [5.41, 5.74) is 10.2. The van der Waals surface area contributed by atoms with Crippen molar-refractivity contribution in [3.8, 4) is 0 Å². The van der Waals surface area contributed by atoms with Gasteiger partial charge in [-0.05, 0) is 39.0 Å². The summed E-state index contributed by atoms with van der Waals surface area (Å²) in [6.45, 7) is 5.89. The molecule has 0 aliphatic carbocycles. The number of fused-ring (bicyclic) bond motifs is 1. The third-order valence-electron chi connectivity index (χ3n) is 3.38. The van der Waals surface area contributed by atoms with Crippen molar-refractivity contribution in [2.45, 2.75) is 26.8 Å². The molecule has 0 bridgehead atoms. The number of rotatable bonds is 3. The average Bonchev–Trinajstić information content (AvgIpc) is 2.92. The fourth-order valence-electron chi connectivity index (χ4n) is 2.48. The van der Waals surface area contributed by atoms with E-state index in [2.05, 4.69) is 20.4 Å². The van der Waals surface area contributed by atoms with E-state index < -0.39 is 0 Å². The van der Waals surface area contributed by atoms with E-state index >= 15 is 0 Å². The minimum Gasteiger partial charge on any atom is -0.399 e. The zero-order chi connectivity index (χ0) is 14.3. The average molecular weight is 271 g/mol. The summed E-state index contributed by atoms with van der Waals surface area (Å²) in [6.07, 6.45) is 0.